The fourth-order valence-electron chi connectivity index (χ4n) is 8.25. The molecule has 1 aliphatic rings. The number of ether oxygens (including phenoxy) is 2. The molecule has 7 atom stereocenters. The van der Waals surface area contributed by atoms with Crippen LogP contribution in [0, 0.1) is 0 Å². The number of hydrogen-bond acceptors (Lipinski definition) is 8. The van der Waals surface area contributed by atoms with E-state index >= 15 is 0 Å². The molecule has 364 valence electrons. The second-order valence-corrected chi connectivity index (χ2v) is 18.3. The number of aliphatic hydroxyl groups excluding tert-OH is 5. The Labute approximate surface area is 381 Å². The van der Waals surface area contributed by atoms with Gasteiger partial charge in [0.05, 0.1) is 25.4 Å². The fourth-order valence-corrected chi connectivity index (χ4v) is 8.25. The number of hydrogen-bond donors (Lipinski definition) is 6. The molecule has 0 aromatic heterocycles. The highest BCUT2D eigenvalue weighted by Crippen LogP contribution is 2.23. The molecule has 0 saturated carbocycles. The molecule has 0 aliphatic carbocycles. The van der Waals surface area contributed by atoms with Crippen LogP contribution in [0.2, 0.25) is 0 Å². The van der Waals surface area contributed by atoms with E-state index in [2.05, 4.69) is 43.5 Å². The van der Waals surface area contributed by atoms with E-state index in [4.69, 9.17) is 9.47 Å². The first-order valence-electron chi connectivity index (χ1n) is 26.2. The highest BCUT2D eigenvalue weighted by atomic mass is 16.7. The van der Waals surface area contributed by atoms with E-state index in [0.29, 0.717) is 6.42 Å². The Kier molecular flexibility index (Phi) is 40.8. The Morgan fingerprint density at radius 3 is 1.39 bits per heavy atom. The predicted molar refractivity (Wildman–Crippen MR) is 258 cm³/mol. The Hall–Kier alpha value is -1.59. The molecule has 9 heteroatoms. The van der Waals surface area contributed by atoms with Crippen molar-refractivity contribution in [2.24, 2.45) is 0 Å². The summed E-state index contributed by atoms with van der Waals surface area (Å²) < 4.78 is 11.2. The predicted octanol–water partition coefficient (Wildman–Crippen LogP) is 12.0. The maximum Gasteiger partial charge on any atom is 0.220 e. The number of unbranched alkanes of at least 4 members (excludes halogenated alkanes) is 30. The van der Waals surface area contributed by atoms with Gasteiger partial charge in [0.2, 0.25) is 5.91 Å². The van der Waals surface area contributed by atoms with Gasteiger partial charge in [-0.1, -0.05) is 217 Å². The standard InChI is InChI=1S/C53H99NO8/c1-3-5-7-9-11-13-15-17-19-21-22-23-24-25-26-27-29-31-33-35-37-39-41-43-49(57)54-46(45-61-53-52(60)51(59)50(58)48(44-55)62-53)47(56)42-40-38-36-34-32-30-28-20-18-16-14-12-10-8-6-4-2/h22-23,25-26,40,42,46-48,50-53,55-56,58-60H,3-21,24,27-39,41,43-45H2,1-2H3,(H,54,57)/b23-22-,26-25-,42-40+. The van der Waals surface area contributed by atoms with Gasteiger partial charge in [0.1, 0.15) is 24.4 Å². The van der Waals surface area contributed by atoms with E-state index in [-0.39, 0.29) is 12.5 Å². The van der Waals surface area contributed by atoms with E-state index in [1.54, 1.807) is 6.08 Å². The first-order valence-corrected chi connectivity index (χ1v) is 26.2. The van der Waals surface area contributed by atoms with Gasteiger partial charge in [-0.05, 0) is 51.4 Å². The summed E-state index contributed by atoms with van der Waals surface area (Å²) in [5.74, 6) is -0.183. The summed E-state index contributed by atoms with van der Waals surface area (Å²) in [7, 11) is 0. The number of allylic oxidation sites excluding steroid dienone is 5. The molecule has 0 aromatic carbocycles. The van der Waals surface area contributed by atoms with Crippen LogP contribution in [0.25, 0.3) is 0 Å². The highest BCUT2D eigenvalue weighted by molar-refractivity contribution is 5.76. The van der Waals surface area contributed by atoms with E-state index in [9.17, 15) is 30.3 Å². The van der Waals surface area contributed by atoms with Crippen molar-refractivity contribution >= 4 is 5.91 Å². The van der Waals surface area contributed by atoms with Crippen LogP contribution < -0.4 is 5.32 Å². The van der Waals surface area contributed by atoms with Crippen molar-refractivity contribution in [1.82, 2.24) is 5.32 Å². The van der Waals surface area contributed by atoms with Crippen LogP contribution in [0.3, 0.4) is 0 Å². The zero-order valence-electron chi connectivity index (χ0n) is 40.1. The van der Waals surface area contributed by atoms with E-state index < -0.39 is 49.5 Å². The lowest BCUT2D eigenvalue weighted by molar-refractivity contribution is -0.302. The SMILES string of the molecule is CCCCCCCCCCC/C=C\C/C=C\CCCCCCCCCC(=O)NC(COC1OC(CO)C(O)C(O)C1O)C(O)/C=C/CCCCCCCCCCCCCCCC. The highest BCUT2D eigenvalue weighted by Gasteiger charge is 2.44. The van der Waals surface area contributed by atoms with Crippen molar-refractivity contribution in [3.05, 3.63) is 36.5 Å². The third kappa shape index (κ3) is 33.0. The van der Waals surface area contributed by atoms with Gasteiger partial charge in [-0.25, -0.2) is 0 Å². The summed E-state index contributed by atoms with van der Waals surface area (Å²) in [5, 5.41) is 54.3. The molecule has 1 rings (SSSR count). The van der Waals surface area contributed by atoms with Crippen LogP contribution in [0.4, 0.5) is 0 Å². The van der Waals surface area contributed by atoms with Crippen molar-refractivity contribution in [3.63, 3.8) is 0 Å². The maximum atomic E-state index is 13.0. The molecule has 1 fully saturated rings. The molecule has 0 radical (unpaired) electrons. The maximum absolute atomic E-state index is 13.0. The molecule has 62 heavy (non-hydrogen) atoms. The Balaban J connectivity index is 2.28. The van der Waals surface area contributed by atoms with E-state index in [1.807, 2.05) is 6.08 Å². The quantitative estimate of drug-likeness (QED) is 0.0262. The van der Waals surface area contributed by atoms with Crippen molar-refractivity contribution in [3.8, 4) is 0 Å². The molecule has 9 nitrogen and oxygen atoms in total. The summed E-state index contributed by atoms with van der Waals surface area (Å²) in [6.07, 6.45) is 47.6. The normalized spacial score (nSPS) is 20.5. The van der Waals surface area contributed by atoms with Crippen LogP contribution in [0.1, 0.15) is 239 Å². The van der Waals surface area contributed by atoms with Gasteiger partial charge in [0, 0.05) is 6.42 Å². The average molecular weight is 878 g/mol. The van der Waals surface area contributed by atoms with Gasteiger partial charge in [0.15, 0.2) is 6.29 Å². The monoisotopic (exact) mass is 878 g/mol. The van der Waals surface area contributed by atoms with Crippen LogP contribution in [0.5, 0.6) is 0 Å². The van der Waals surface area contributed by atoms with Crippen LogP contribution in [-0.4, -0.2) is 87.5 Å². The van der Waals surface area contributed by atoms with Crippen molar-refractivity contribution < 1.29 is 39.8 Å². The Bertz CT molecular complexity index is 1070. The summed E-state index contributed by atoms with van der Waals surface area (Å²) in [6.45, 7) is 3.78. The smallest absolute Gasteiger partial charge is 0.220 e. The molecular weight excluding hydrogens is 779 g/mol. The topological polar surface area (TPSA) is 149 Å². The lowest BCUT2D eigenvalue weighted by atomic mass is 9.99. The largest absolute Gasteiger partial charge is 0.394 e. The molecule has 7 unspecified atom stereocenters. The zero-order chi connectivity index (χ0) is 45.1. The molecule has 6 N–H and O–H groups in total. The number of amides is 1. The first-order chi connectivity index (χ1) is 30.3. The van der Waals surface area contributed by atoms with Gasteiger partial charge in [0.25, 0.3) is 0 Å². The Morgan fingerprint density at radius 1 is 0.548 bits per heavy atom. The number of carbonyl (C=O) groups excluding carboxylic acids is 1. The minimum Gasteiger partial charge on any atom is -0.394 e. The van der Waals surface area contributed by atoms with Crippen molar-refractivity contribution in [1.29, 1.82) is 0 Å². The third-order valence-corrected chi connectivity index (χ3v) is 12.5. The number of nitrogens with one attached hydrogen (secondary N) is 1. The Morgan fingerprint density at radius 2 is 0.952 bits per heavy atom. The van der Waals surface area contributed by atoms with Crippen LogP contribution >= 0.6 is 0 Å². The molecule has 1 amide bonds. The molecule has 1 saturated heterocycles. The second-order valence-electron chi connectivity index (χ2n) is 18.3. The molecule has 0 spiro atoms. The third-order valence-electron chi connectivity index (χ3n) is 12.5. The number of carbonyl (C=O) groups is 1. The van der Waals surface area contributed by atoms with Crippen LogP contribution in [0.15, 0.2) is 36.5 Å². The molecule has 0 bridgehead atoms. The van der Waals surface area contributed by atoms with E-state index in [1.165, 1.54) is 161 Å². The van der Waals surface area contributed by atoms with Gasteiger partial charge in [-0.15, -0.1) is 0 Å². The summed E-state index contributed by atoms with van der Waals surface area (Å²) >= 11 is 0. The first kappa shape index (κ1) is 58.4. The summed E-state index contributed by atoms with van der Waals surface area (Å²) in [6, 6.07) is -0.808. The van der Waals surface area contributed by atoms with Gasteiger partial charge in [-0.2, -0.15) is 0 Å². The molecule has 1 aliphatic heterocycles. The summed E-state index contributed by atoms with van der Waals surface area (Å²) in [5.41, 5.74) is 0. The van der Waals surface area contributed by atoms with Gasteiger partial charge in [-0.3, -0.25) is 4.79 Å². The molecule has 1 heterocycles. The van der Waals surface area contributed by atoms with Crippen LogP contribution in [-0.2, 0) is 14.3 Å². The second kappa shape index (κ2) is 43.3. The lowest BCUT2D eigenvalue weighted by Crippen LogP contribution is -2.60. The number of rotatable bonds is 44. The summed E-state index contributed by atoms with van der Waals surface area (Å²) in [4.78, 5) is 13.0. The minimum atomic E-state index is -1.57. The van der Waals surface area contributed by atoms with E-state index in [0.717, 1.165) is 57.8 Å². The lowest BCUT2D eigenvalue weighted by Gasteiger charge is -2.40. The molecular formula is C53H99NO8. The molecule has 0 aromatic rings. The van der Waals surface area contributed by atoms with Crippen molar-refractivity contribution in [2.75, 3.05) is 13.2 Å². The minimum absolute atomic E-state index is 0.183. The van der Waals surface area contributed by atoms with Gasteiger partial charge >= 0.3 is 0 Å². The van der Waals surface area contributed by atoms with Gasteiger partial charge < -0.3 is 40.3 Å². The average Bonchev–Trinajstić information content (AvgIpc) is 3.27. The zero-order valence-corrected chi connectivity index (χ0v) is 40.1. The fraction of sp³-hybridized carbons (Fsp3) is 0.868. The number of aliphatic hydroxyl groups is 5. The van der Waals surface area contributed by atoms with Crippen molar-refractivity contribution in [2.45, 2.75) is 281 Å².